The number of carboxylic acid groups (broad SMARTS) is 1. The highest BCUT2D eigenvalue weighted by Crippen LogP contribution is 2.39. The maximum absolute atomic E-state index is 13.0. The molecule has 23 heavy (non-hydrogen) atoms. The highest BCUT2D eigenvalue weighted by molar-refractivity contribution is 7.92. The van der Waals surface area contributed by atoms with Crippen LogP contribution in [-0.4, -0.2) is 26.0 Å². The van der Waals surface area contributed by atoms with E-state index in [0.29, 0.717) is 17.8 Å². The third-order valence-electron chi connectivity index (χ3n) is 4.20. The Kier molecular flexibility index (Phi) is 3.64. The molecule has 1 N–H and O–H groups in total. The van der Waals surface area contributed by atoms with Crippen molar-refractivity contribution in [1.29, 1.82) is 0 Å². The lowest BCUT2D eigenvalue weighted by atomic mass is 10.0. The Morgan fingerprint density at radius 2 is 1.91 bits per heavy atom. The van der Waals surface area contributed by atoms with E-state index in [2.05, 4.69) is 0 Å². The first-order valence-corrected chi connectivity index (χ1v) is 8.72. The molecule has 3 rings (SSSR count). The van der Waals surface area contributed by atoms with Crippen molar-refractivity contribution >= 4 is 21.7 Å². The smallest absolute Gasteiger partial charge is 0.335 e. The number of carbonyl (C=O) groups is 1. The van der Waals surface area contributed by atoms with Gasteiger partial charge in [-0.1, -0.05) is 31.2 Å². The monoisotopic (exact) mass is 331 g/mol. The Bertz CT molecular complexity index is 889. The van der Waals surface area contributed by atoms with Crippen LogP contribution in [-0.2, 0) is 10.0 Å². The molecule has 5 nitrogen and oxygen atoms in total. The Morgan fingerprint density at radius 1 is 1.22 bits per heavy atom. The zero-order valence-electron chi connectivity index (χ0n) is 12.9. The summed E-state index contributed by atoms with van der Waals surface area (Å²) in [5, 5.41) is 9.21. The molecular weight excluding hydrogens is 314 g/mol. The summed E-state index contributed by atoms with van der Waals surface area (Å²) in [5.41, 5.74) is 2.19. The molecule has 0 fully saturated rings. The van der Waals surface area contributed by atoms with Gasteiger partial charge in [-0.15, -0.1) is 0 Å². The number of anilines is 1. The average Bonchev–Trinajstić information content (AvgIpc) is 2.85. The normalized spacial score (nSPS) is 17.1. The molecular formula is C17H17NO4S. The van der Waals surface area contributed by atoms with E-state index in [0.717, 1.165) is 5.56 Å². The molecule has 0 unspecified atom stereocenters. The van der Waals surface area contributed by atoms with Crippen LogP contribution in [0.3, 0.4) is 0 Å². The lowest BCUT2D eigenvalue weighted by molar-refractivity contribution is 0.0696. The summed E-state index contributed by atoms with van der Waals surface area (Å²) < 4.78 is 27.3. The first-order chi connectivity index (χ1) is 10.8. The van der Waals surface area contributed by atoms with Gasteiger partial charge in [-0.05, 0) is 36.2 Å². The van der Waals surface area contributed by atoms with Crippen molar-refractivity contribution in [3.05, 3.63) is 59.2 Å². The molecule has 0 saturated carbocycles. The van der Waals surface area contributed by atoms with Crippen molar-refractivity contribution in [3.63, 3.8) is 0 Å². The fraction of sp³-hybridized carbons (Fsp3) is 0.235. The summed E-state index contributed by atoms with van der Waals surface area (Å²) >= 11 is 0. The summed E-state index contributed by atoms with van der Waals surface area (Å²) in [6.07, 6.45) is 0. The molecule has 0 bridgehead atoms. The number of aromatic carboxylic acids is 1. The van der Waals surface area contributed by atoms with E-state index in [1.54, 1.807) is 19.1 Å². The van der Waals surface area contributed by atoms with Gasteiger partial charge in [0.15, 0.2) is 0 Å². The third kappa shape index (κ3) is 2.49. The topological polar surface area (TPSA) is 74.7 Å². The maximum atomic E-state index is 13.0. The molecule has 1 aliphatic heterocycles. The number of nitrogens with zero attached hydrogens (tertiary/aromatic N) is 1. The van der Waals surface area contributed by atoms with E-state index in [1.807, 2.05) is 19.1 Å². The number of rotatable bonds is 3. The molecule has 0 amide bonds. The molecule has 1 heterocycles. The number of hydrogen-bond acceptors (Lipinski definition) is 3. The Labute approximate surface area is 135 Å². The minimum atomic E-state index is -3.79. The van der Waals surface area contributed by atoms with Gasteiger partial charge in [0.2, 0.25) is 0 Å². The molecule has 1 aliphatic rings. The number of sulfonamides is 1. The van der Waals surface area contributed by atoms with Gasteiger partial charge >= 0.3 is 5.97 Å². The first kappa shape index (κ1) is 15.6. The van der Waals surface area contributed by atoms with Crippen LogP contribution in [0.5, 0.6) is 0 Å². The van der Waals surface area contributed by atoms with E-state index in [9.17, 15) is 18.3 Å². The van der Waals surface area contributed by atoms with Crippen LogP contribution in [0.1, 0.15) is 34.3 Å². The second-order valence-corrected chi connectivity index (χ2v) is 7.64. The Hall–Kier alpha value is -2.34. The second kappa shape index (κ2) is 5.38. The number of benzene rings is 2. The standard InChI is InChI=1S/C17H17NO4S/c1-11-7-8-13(9-15(11)17(19)20)23(21,22)18-10-12(2)14-5-3-4-6-16(14)18/h3-9,12H,10H2,1-2H3,(H,19,20)/t12-/m1/s1. The van der Waals surface area contributed by atoms with Gasteiger partial charge in [0.1, 0.15) is 0 Å². The maximum Gasteiger partial charge on any atom is 0.335 e. The van der Waals surface area contributed by atoms with E-state index >= 15 is 0 Å². The van der Waals surface area contributed by atoms with Crippen LogP contribution in [0.25, 0.3) is 0 Å². The predicted octanol–water partition coefficient (Wildman–Crippen LogP) is 3.01. The molecule has 0 radical (unpaired) electrons. The van der Waals surface area contributed by atoms with Crippen LogP contribution in [0.4, 0.5) is 5.69 Å². The Balaban J connectivity index is 2.11. The van der Waals surface area contributed by atoms with Crippen molar-refractivity contribution in [2.45, 2.75) is 24.7 Å². The van der Waals surface area contributed by atoms with Gasteiger partial charge in [0.25, 0.3) is 10.0 Å². The fourth-order valence-corrected chi connectivity index (χ4v) is 4.53. The number of para-hydroxylation sites is 1. The first-order valence-electron chi connectivity index (χ1n) is 7.28. The van der Waals surface area contributed by atoms with Crippen LogP contribution >= 0.6 is 0 Å². The van der Waals surface area contributed by atoms with Crippen LogP contribution in [0, 0.1) is 6.92 Å². The van der Waals surface area contributed by atoms with Gasteiger partial charge in [-0.25, -0.2) is 13.2 Å². The zero-order chi connectivity index (χ0) is 16.8. The van der Waals surface area contributed by atoms with Gasteiger partial charge in [0.05, 0.1) is 16.1 Å². The van der Waals surface area contributed by atoms with Crippen LogP contribution in [0.2, 0.25) is 0 Å². The summed E-state index contributed by atoms with van der Waals surface area (Å²) in [6.45, 7) is 3.98. The summed E-state index contributed by atoms with van der Waals surface area (Å²) in [5.74, 6) is -1.03. The molecule has 0 spiro atoms. The van der Waals surface area contributed by atoms with Crippen LogP contribution < -0.4 is 4.31 Å². The number of aryl methyl sites for hydroxylation is 1. The fourth-order valence-electron chi connectivity index (χ4n) is 2.92. The third-order valence-corrected chi connectivity index (χ3v) is 5.98. The predicted molar refractivity (Wildman–Crippen MR) is 87.5 cm³/mol. The quantitative estimate of drug-likeness (QED) is 0.938. The van der Waals surface area contributed by atoms with Gasteiger partial charge in [0, 0.05) is 12.5 Å². The molecule has 0 aliphatic carbocycles. The minimum Gasteiger partial charge on any atom is -0.478 e. The van der Waals surface area contributed by atoms with Crippen molar-refractivity contribution in [2.75, 3.05) is 10.8 Å². The number of fused-ring (bicyclic) bond motifs is 1. The van der Waals surface area contributed by atoms with E-state index < -0.39 is 16.0 Å². The largest absolute Gasteiger partial charge is 0.478 e. The summed E-state index contributed by atoms with van der Waals surface area (Å²) in [4.78, 5) is 11.3. The summed E-state index contributed by atoms with van der Waals surface area (Å²) in [6, 6.07) is 11.6. The average molecular weight is 331 g/mol. The van der Waals surface area contributed by atoms with Crippen molar-refractivity contribution in [2.24, 2.45) is 0 Å². The van der Waals surface area contributed by atoms with E-state index in [4.69, 9.17) is 0 Å². The number of carboxylic acids is 1. The van der Waals surface area contributed by atoms with Crippen LogP contribution in [0.15, 0.2) is 47.4 Å². The molecule has 0 saturated heterocycles. The van der Waals surface area contributed by atoms with Crippen molar-refractivity contribution in [3.8, 4) is 0 Å². The summed E-state index contributed by atoms with van der Waals surface area (Å²) in [7, 11) is -3.79. The Morgan fingerprint density at radius 3 is 2.61 bits per heavy atom. The molecule has 0 aromatic heterocycles. The van der Waals surface area contributed by atoms with E-state index in [1.165, 1.54) is 22.5 Å². The second-order valence-electron chi connectivity index (χ2n) is 5.78. The SMILES string of the molecule is Cc1ccc(S(=O)(=O)N2C[C@@H](C)c3ccccc32)cc1C(=O)O. The molecule has 2 aromatic rings. The highest BCUT2D eigenvalue weighted by atomic mass is 32.2. The van der Waals surface area contributed by atoms with Gasteiger partial charge in [-0.3, -0.25) is 4.31 Å². The molecule has 2 aromatic carbocycles. The highest BCUT2D eigenvalue weighted by Gasteiger charge is 2.34. The zero-order valence-corrected chi connectivity index (χ0v) is 13.7. The lowest BCUT2D eigenvalue weighted by Crippen LogP contribution is -2.29. The minimum absolute atomic E-state index is 0.00408. The van der Waals surface area contributed by atoms with Crippen molar-refractivity contribution in [1.82, 2.24) is 0 Å². The van der Waals surface area contributed by atoms with Gasteiger partial charge in [-0.2, -0.15) is 0 Å². The molecule has 1 atom stereocenters. The number of hydrogen-bond donors (Lipinski definition) is 1. The molecule has 6 heteroatoms. The van der Waals surface area contributed by atoms with E-state index in [-0.39, 0.29) is 16.4 Å². The lowest BCUT2D eigenvalue weighted by Gasteiger charge is -2.20. The van der Waals surface area contributed by atoms with Crippen molar-refractivity contribution < 1.29 is 18.3 Å². The van der Waals surface area contributed by atoms with Gasteiger partial charge < -0.3 is 5.11 Å². The molecule has 120 valence electrons.